The number of nitrogens with one attached hydrogen (secondary N) is 2. The van der Waals surface area contributed by atoms with Gasteiger partial charge in [0.1, 0.15) is 5.82 Å². The summed E-state index contributed by atoms with van der Waals surface area (Å²) < 4.78 is 10.8. The van der Waals surface area contributed by atoms with Crippen molar-refractivity contribution in [1.82, 2.24) is 9.97 Å². The van der Waals surface area contributed by atoms with Crippen LogP contribution in [0.1, 0.15) is 16.8 Å². The number of nitrogens with zero attached hydrogens (tertiary/aromatic N) is 2. The first-order valence-electron chi connectivity index (χ1n) is 8.47. The Balaban J connectivity index is 1.46. The van der Waals surface area contributed by atoms with Crippen LogP contribution in [0, 0.1) is 13.8 Å². The zero-order valence-electron chi connectivity index (χ0n) is 14.7. The van der Waals surface area contributed by atoms with Gasteiger partial charge in [0.15, 0.2) is 11.5 Å². The highest BCUT2D eigenvalue weighted by Gasteiger charge is 2.13. The van der Waals surface area contributed by atoms with E-state index in [-0.39, 0.29) is 6.79 Å². The standard InChI is InChI=1S/C20H20N4O2/c1-13-3-6-16(7-4-13)23-20-22-14(2)9-19(24-20)21-11-15-5-8-17-18(10-15)26-12-25-17/h3-10H,11-12H2,1-2H3,(H2,21,22,23,24). The molecule has 0 atom stereocenters. The summed E-state index contributed by atoms with van der Waals surface area (Å²) in [5.74, 6) is 2.91. The van der Waals surface area contributed by atoms with Gasteiger partial charge in [-0.15, -0.1) is 0 Å². The molecular formula is C20H20N4O2. The van der Waals surface area contributed by atoms with Crippen LogP contribution in [0.4, 0.5) is 17.5 Å². The van der Waals surface area contributed by atoms with Gasteiger partial charge in [0.25, 0.3) is 0 Å². The Kier molecular flexibility index (Phi) is 4.31. The molecule has 0 bridgehead atoms. The number of rotatable bonds is 5. The largest absolute Gasteiger partial charge is 0.454 e. The van der Waals surface area contributed by atoms with Gasteiger partial charge in [0, 0.05) is 24.0 Å². The molecule has 2 heterocycles. The van der Waals surface area contributed by atoms with E-state index in [1.807, 2.05) is 43.3 Å². The average Bonchev–Trinajstić information content (AvgIpc) is 3.09. The summed E-state index contributed by atoms with van der Waals surface area (Å²) in [7, 11) is 0. The molecule has 1 aliphatic rings. The van der Waals surface area contributed by atoms with E-state index in [1.54, 1.807) is 0 Å². The predicted octanol–water partition coefficient (Wildman–Crippen LogP) is 4.18. The summed E-state index contributed by atoms with van der Waals surface area (Å²) in [4.78, 5) is 9.00. The highest BCUT2D eigenvalue weighted by molar-refractivity contribution is 5.56. The molecule has 0 amide bonds. The lowest BCUT2D eigenvalue weighted by Gasteiger charge is -2.10. The van der Waals surface area contributed by atoms with Crippen molar-refractivity contribution in [2.45, 2.75) is 20.4 Å². The Bertz CT molecular complexity index is 926. The van der Waals surface area contributed by atoms with Gasteiger partial charge in [-0.25, -0.2) is 4.98 Å². The molecule has 26 heavy (non-hydrogen) atoms. The van der Waals surface area contributed by atoms with E-state index in [2.05, 4.69) is 39.7 Å². The Labute approximate surface area is 152 Å². The average molecular weight is 348 g/mol. The monoisotopic (exact) mass is 348 g/mol. The van der Waals surface area contributed by atoms with Crippen LogP contribution in [-0.4, -0.2) is 16.8 Å². The van der Waals surface area contributed by atoms with Gasteiger partial charge < -0.3 is 20.1 Å². The lowest BCUT2D eigenvalue weighted by atomic mass is 10.2. The number of benzene rings is 2. The van der Waals surface area contributed by atoms with Crippen molar-refractivity contribution in [2.24, 2.45) is 0 Å². The third-order valence-corrected chi connectivity index (χ3v) is 4.07. The maximum absolute atomic E-state index is 5.42. The van der Waals surface area contributed by atoms with E-state index >= 15 is 0 Å². The fourth-order valence-corrected chi connectivity index (χ4v) is 2.72. The Morgan fingerprint density at radius 1 is 0.923 bits per heavy atom. The first-order valence-corrected chi connectivity index (χ1v) is 8.47. The second-order valence-corrected chi connectivity index (χ2v) is 6.25. The van der Waals surface area contributed by atoms with Crippen molar-refractivity contribution < 1.29 is 9.47 Å². The van der Waals surface area contributed by atoms with Crippen LogP contribution in [0.2, 0.25) is 0 Å². The fraction of sp³-hybridized carbons (Fsp3) is 0.200. The van der Waals surface area contributed by atoms with Crippen molar-refractivity contribution >= 4 is 17.5 Å². The van der Waals surface area contributed by atoms with Crippen LogP contribution in [0.5, 0.6) is 11.5 Å². The molecule has 132 valence electrons. The molecule has 0 spiro atoms. The number of aryl methyl sites for hydroxylation is 2. The van der Waals surface area contributed by atoms with E-state index in [4.69, 9.17) is 9.47 Å². The van der Waals surface area contributed by atoms with Crippen LogP contribution < -0.4 is 20.1 Å². The Morgan fingerprint density at radius 2 is 1.73 bits per heavy atom. The summed E-state index contributed by atoms with van der Waals surface area (Å²) in [6.45, 7) is 4.93. The molecule has 1 aliphatic heterocycles. The van der Waals surface area contributed by atoms with Crippen LogP contribution in [-0.2, 0) is 6.54 Å². The zero-order valence-corrected chi connectivity index (χ0v) is 14.7. The fourth-order valence-electron chi connectivity index (χ4n) is 2.72. The molecule has 0 radical (unpaired) electrons. The molecule has 0 fully saturated rings. The van der Waals surface area contributed by atoms with Crippen molar-refractivity contribution in [2.75, 3.05) is 17.4 Å². The number of ether oxygens (including phenoxy) is 2. The minimum atomic E-state index is 0.283. The van der Waals surface area contributed by atoms with Crippen LogP contribution >= 0.6 is 0 Å². The number of hydrogen-bond acceptors (Lipinski definition) is 6. The summed E-state index contributed by atoms with van der Waals surface area (Å²) in [5, 5.41) is 6.59. The molecular weight excluding hydrogens is 328 g/mol. The second kappa shape index (κ2) is 6.92. The van der Waals surface area contributed by atoms with Gasteiger partial charge in [-0.2, -0.15) is 4.98 Å². The van der Waals surface area contributed by atoms with Crippen LogP contribution in [0.3, 0.4) is 0 Å². The van der Waals surface area contributed by atoms with E-state index in [0.717, 1.165) is 34.3 Å². The van der Waals surface area contributed by atoms with Gasteiger partial charge in [0.05, 0.1) is 0 Å². The van der Waals surface area contributed by atoms with Crippen molar-refractivity contribution in [3.8, 4) is 11.5 Å². The molecule has 0 aliphatic carbocycles. The van der Waals surface area contributed by atoms with Gasteiger partial charge in [-0.3, -0.25) is 0 Å². The highest BCUT2D eigenvalue weighted by atomic mass is 16.7. The number of hydrogen-bond donors (Lipinski definition) is 2. The van der Waals surface area contributed by atoms with Gasteiger partial charge in [-0.05, 0) is 43.7 Å². The SMILES string of the molecule is Cc1ccc(Nc2nc(C)cc(NCc3ccc4c(c3)OCO4)n2)cc1. The third kappa shape index (κ3) is 3.69. The minimum Gasteiger partial charge on any atom is -0.454 e. The molecule has 0 saturated carbocycles. The van der Waals surface area contributed by atoms with E-state index in [1.165, 1.54) is 5.56 Å². The van der Waals surface area contributed by atoms with E-state index < -0.39 is 0 Å². The predicted molar refractivity (Wildman–Crippen MR) is 101 cm³/mol. The minimum absolute atomic E-state index is 0.283. The normalized spacial score (nSPS) is 12.1. The molecule has 6 nitrogen and oxygen atoms in total. The third-order valence-electron chi connectivity index (χ3n) is 4.07. The van der Waals surface area contributed by atoms with Gasteiger partial charge >= 0.3 is 0 Å². The maximum Gasteiger partial charge on any atom is 0.231 e. The van der Waals surface area contributed by atoms with E-state index in [9.17, 15) is 0 Å². The number of anilines is 3. The maximum atomic E-state index is 5.42. The lowest BCUT2D eigenvalue weighted by molar-refractivity contribution is 0.174. The molecule has 3 aromatic rings. The van der Waals surface area contributed by atoms with Gasteiger partial charge in [-0.1, -0.05) is 23.8 Å². The molecule has 2 N–H and O–H groups in total. The van der Waals surface area contributed by atoms with E-state index in [0.29, 0.717) is 12.5 Å². The van der Waals surface area contributed by atoms with Crippen LogP contribution in [0.15, 0.2) is 48.5 Å². The molecule has 2 aromatic carbocycles. The summed E-state index contributed by atoms with van der Waals surface area (Å²) >= 11 is 0. The topological polar surface area (TPSA) is 68.3 Å². The first kappa shape index (κ1) is 16.2. The molecule has 0 saturated heterocycles. The smallest absolute Gasteiger partial charge is 0.231 e. The summed E-state index contributed by atoms with van der Waals surface area (Å²) in [5.41, 5.74) is 4.16. The number of aromatic nitrogens is 2. The number of fused-ring (bicyclic) bond motifs is 1. The second-order valence-electron chi connectivity index (χ2n) is 6.25. The summed E-state index contributed by atoms with van der Waals surface area (Å²) in [6, 6.07) is 16.0. The highest BCUT2D eigenvalue weighted by Crippen LogP contribution is 2.32. The molecule has 0 unspecified atom stereocenters. The quantitative estimate of drug-likeness (QED) is 0.721. The Morgan fingerprint density at radius 3 is 2.58 bits per heavy atom. The van der Waals surface area contributed by atoms with Crippen molar-refractivity contribution in [3.05, 3.63) is 65.4 Å². The lowest BCUT2D eigenvalue weighted by Crippen LogP contribution is -2.05. The first-order chi connectivity index (χ1) is 12.7. The van der Waals surface area contributed by atoms with Crippen LogP contribution in [0.25, 0.3) is 0 Å². The molecule has 6 heteroatoms. The van der Waals surface area contributed by atoms with Crippen molar-refractivity contribution in [1.29, 1.82) is 0 Å². The van der Waals surface area contributed by atoms with Gasteiger partial charge in [0.2, 0.25) is 12.7 Å². The molecule has 4 rings (SSSR count). The summed E-state index contributed by atoms with van der Waals surface area (Å²) in [6.07, 6.45) is 0. The molecule has 1 aromatic heterocycles. The zero-order chi connectivity index (χ0) is 17.9. The Hall–Kier alpha value is -3.28. The van der Waals surface area contributed by atoms with Crippen molar-refractivity contribution in [3.63, 3.8) is 0 Å².